The van der Waals surface area contributed by atoms with Crippen molar-refractivity contribution in [1.29, 1.82) is 0 Å². The second kappa shape index (κ2) is 23.2. The monoisotopic (exact) mass is 1020 g/mol. The van der Waals surface area contributed by atoms with Crippen molar-refractivity contribution in [3.8, 4) is 28.2 Å². The minimum atomic E-state index is -4.90. The van der Waals surface area contributed by atoms with Crippen LogP contribution in [-0.2, 0) is 32.7 Å². The van der Waals surface area contributed by atoms with Gasteiger partial charge in [0.2, 0.25) is 17.7 Å². The van der Waals surface area contributed by atoms with Crippen LogP contribution in [0.25, 0.3) is 33.4 Å². The maximum atomic E-state index is 13.2. The summed E-state index contributed by atoms with van der Waals surface area (Å²) in [6.45, 7) is 0.728. The molecule has 25 heteroatoms. The van der Waals surface area contributed by atoms with E-state index in [1.54, 1.807) is 6.07 Å². The second-order valence-electron chi connectivity index (χ2n) is 16.7. The molecule has 0 saturated carbocycles. The maximum absolute atomic E-state index is 13.2. The molecular weight excluding hydrogens is 972 g/mol. The number of H-pyrrole nitrogens is 1. The number of amides is 4. The molecule has 2 aromatic carbocycles. The summed E-state index contributed by atoms with van der Waals surface area (Å²) in [5.74, 6) is -3.35. The molecule has 5 atom stereocenters. The van der Waals surface area contributed by atoms with Crippen LogP contribution in [0.2, 0.25) is 0 Å². The van der Waals surface area contributed by atoms with Gasteiger partial charge in [0.15, 0.2) is 5.43 Å². The number of carboxylic acids is 1. The van der Waals surface area contributed by atoms with Crippen LogP contribution in [0.5, 0.6) is 5.75 Å². The van der Waals surface area contributed by atoms with Gasteiger partial charge in [0.05, 0.1) is 30.1 Å². The highest BCUT2D eigenvalue weighted by molar-refractivity contribution is 8.00. The number of aliphatic hydroxyl groups excluding tert-OH is 1. The Kier molecular flexibility index (Phi) is 17.1. The first kappa shape index (κ1) is 52.3. The predicted molar refractivity (Wildman–Crippen MR) is 252 cm³/mol. The molecule has 0 radical (unpaired) electrons. The molecular formula is C46H50N6O17PS-. The first-order chi connectivity index (χ1) is 33.9. The van der Waals surface area contributed by atoms with Gasteiger partial charge in [-0.05, 0) is 67.8 Å². The normalized spacial score (nSPS) is 18.8. The van der Waals surface area contributed by atoms with Gasteiger partial charge in [-0.15, -0.1) is 11.8 Å². The highest BCUT2D eigenvalue weighted by Crippen LogP contribution is 2.43. The molecule has 1 aromatic heterocycles. The fraction of sp³-hybridized carbons (Fsp3) is 0.391. The number of hydrogen-bond donors (Lipinski definition) is 7. The first-order valence-corrected chi connectivity index (χ1v) is 25.0. The number of hydrogen-bond acceptors (Lipinski definition) is 18. The number of phenols is 1. The number of carbonyl (C=O) groups is 5. The zero-order valence-electron chi connectivity index (χ0n) is 38.1. The van der Waals surface area contributed by atoms with Crippen molar-refractivity contribution in [1.82, 2.24) is 30.6 Å². The lowest BCUT2D eigenvalue weighted by molar-refractivity contribution is -0.228. The number of aromatic amines is 1. The van der Waals surface area contributed by atoms with Crippen molar-refractivity contribution in [3.05, 3.63) is 109 Å². The zero-order chi connectivity index (χ0) is 51.0. The van der Waals surface area contributed by atoms with Crippen molar-refractivity contribution in [3.63, 3.8) is 0 Å². The molecule has 3 aliphatic heterocycles. The van der Waals surface area contributed by atoms with E-state index in [2.05, 4.69) is 21.2 Å². The quantitative estimate of drug-likeness (QED) is 0.0162. The molecule has 4 aliphatic rings. The van der Waals surface area contributed by atoms with E-state index in [9.17, 15) is 63.1 Å². The van der Waals surface area contributed by atoms with Gasteiger partial charge >= 0.3 is 11.7 Å². The number of imide groups is 1. The minimum absolute atomic E-state index is 0.0155. The molecule has 0 spiro atoms. The molecule has 4 heterocycles. The number of unbranched alkanes of at least 4 members (excludes halogenated alkanes) is 4. The Balaban J connectivity index is 0.760. The third-order valence-corrected chi connectivity index (χ3v) is 13.8. The number of nitrogens with one attached hydrogen (secondary N) is 4. The van der Waals surface area contributed by atoms with E-state index in [4.69, 9.17) is 18.2 Å². The average molecular weight is 1020 g/mol. The molecule has 378 valence electrons. The first-order valence-electron chi connectivity index (χ1n) is 22.5. The number of carboxylic acid groups (broad SMARTS) is 1. The van der Waals surface area contributed by atoms with Crippen LogP contribution in [0.15, 0.2) is 79.6 Å². The van der Waals surface area contributed by atoms with Crippen LogP contribution < -0.4 is 37.7 Å². The number of phosphoric acid groups is 1. The number of aromatic carboxylic acids is 1. The summed E-state index contributed by atoms with van der Waals surface area (Å²) in [6.07, 6.45) is 1.39. The molecule has 2 fully saturated rings. The molecule has 2 saturated heterocycles. The predicted octanol–water partition coefficient (Wildman–Crippen LogP) is 2.14. The van der Waals surface area contributed by atoms with E-state index in [0.717, 1.165) is 40.5 Å². The van der Waals surface area contributed by atoms with Gasteiger partial charge in [0, 0.05) is 77.7 Å². The van der Waals surface area contributed by atoms with Crippen LogP contribution >= 0.6 is 19.6 Å². The number of fused-ring (bicyclic) bond motifs is 2. The summed E-state index contributed by atoms with van der Waals surface area (Å²) < 4.78 is 34.7. The number of phenolic OH excluding ortho intramolecular Hbond substituents is 1. The number of aliphatic hydroxyl groups is 1. The molecule has 1 aliphatic carbocycles. The second-order valence-corrected chi connectivity index (χ2v) is 19.5. The van der Waals surface area contributed by atoms with Crippen molar-refractivity contribution >= 4 is 60.2 Å². The average Bonchev–Trinajstić information content (AvgIpc) is 3.83. The van der Waals surface area contributed by atoms with Crippen molar-refractivity contribution in [2.45, 2.75) is 75.6 Å². The van der Waals surface area contributed by atoms with Gasteiger partial charge in [-0.1, -0.05) is 19.3 Å². The molecule has 7 N–H and O–H groups in total. The van der Waals surface area contributed by atoms with Gasteiger partial charge < -0.3 is 43.7 Å². The number of carbonyl (C=O) groups excluding carboxylic acids is 4. The lowest BCUT2D eigenvalue weighted by Crippen LogP contribution is -2.41. The number of rotatable bonds is 23. The highest BCUT2D eigenvalue weighted by Gasteiger charge is 2.40. The smallest absolute Gasteiger partial charge is 0.336 e. The zero-order valence-corrected chi connectivity index (χ0v) is 39.8. The van der Waals surface area contributed by atoms with Crippen LogP contribution in [0.4, 0.5) is 0 Å². The number of benzene rings is 3. The fourth-order valence-corrected chi connectivity index (χ4v) is 9.90. The molecule has 4 amide bonds. The number of likely N-dealkylation sites (tertiary alicyclic amines) is 1. The molecule has 23 nitrogen and oxygen atoms in total. The number of phosphoric ester groups is 1. The highest BCUT2D eigenvalue weighted by atomic mass is 32.2. The molecule has 2 unspecified atom stereocenters. The van der Waals surface area contributed by atoms with Gasteiger partial charge in [0.1, 0.15) is 36.0 Å². The number of thioether (sulfide) groups is 1. The summed E-state index contributed by atoms with van der Waals surface area (Å²) in [7, 11) is -4.90. The van der Waals surface area contributed by atoms with Crippen molar-refractivity contribution < 1.29 is 67.0 Å². The van der Waals surface area contributed by atoms with Crippen molar-refractivity contribution in [2.75, 3.05) is 38.6 Å². The topological polar surface area (TPSA) is 338 Å². The largest absolute Gasteiger partial charge is 0.756 e. The molecule has 7 rings (SSSR count). The van der Waals surface area contributed by atoms with E-state index in [-0.39, 0.29) is 63.4 Å². The number of hydrazine groups is 1. The van der Waals surface area contributed by atoms with Gasteiger partial charge in [-0.2, -0.15) is 0 Å². The molecule has 71 heavy (non-hydrogen) atoms. The lowest BCUT2D eigenvalue weighted by atomic mass is 9.89. The summed E-state index contributed by atoms with van der Waals surface area (Å²) in [6, 6.07) is 12.6. The number of nitrogens with zero attached hydrogens (tertiary/aromatic N) is 2. The van der Waals surface area contributed by atoms with Crippen LogP contribution in [0.3, 0.4) is 0 Å². The summed E-state index contributed by atoms with van der Waals surface area (Å²) in [5.41, 5.74) is 5.41. The Bertz CT molecular complexity index is 3030. The van der Waals surface area contributed by atoms with E-state index in [0.29, 0.717) is 42.4 Å². The Morgan fingerprint density at radius 2 is 1.72 bits per heavy atom. The Morgan fingerprint density at radius 1 is 0.958 bits per heavy atom. The van der Waals surface area contributed by atoms with Crippen LogP contribution in [-0.4, -0.2) is 115 Å². The third kappa shape index (κ3) is 13.1. The standard InChI is InChI=1S/C46H51N6O17PS/c1-25-22-52(46(63)49-42(25)58)40-20-33(55)36(69-40)24-67-70(64,65)66-15-16-71-37-21-39(57)51(44(37)60)23-38(56)47-13-5-3-2-4-6-14-48-50-43(59)26-7-10-29(45(61)62)32(17-26)41-30-11-8-27(53)18-34(30)68-35-19-28(54)9-12-31(35)41/h7-12,17-19,22,33,36-37,40,48,53,55H,2-6,13-16,20-21,23-24H2,1H3,(H,47,56)(H,50,59)(H,61,62)(H,64,65)(H,49,58,63)/p-1/t33-,36-,37?,40-/m1/s1. The lowest BCUT2D eigenvalue weighted by Gasteiger charge is -2.25. The van der Waals surface area contributed by atoms with E-state index >= 15 is 0 Å². The summed E-state index contributed by atoms with van der Waals surface area (Å²) in [5, 5.41) is 32.9. The Morgan fingerprint density at radius 3 is 2.49 bits per heavy atom. The van der Waals surface area contributed by atoms with Gasteiger partial charge in [0.25, 0.3) is 19.3 Å². The minimum Gasteiger partial charge on any atom is -0.756 e. The Labute approximate surface area is 407 Å². The molecule has 3 aromatic rings. The number of ether oxygens (including phenoxy) is 1. The third-order valence-electron chi connectivity index (χ3n) is 11.7. The fourth-order valence-electron chi connectivity index (χ4n) is 8.07. The summed E-state index contributed by atoms with van der Waals surface area (Å²) >= 11 is 0.983. The molecule has 0 bridgehead atoms. The number of aryl methyl sites for hydroxylation is 1. The van der Waals surface area contributed by atoms with Crippen LogP contribution in [0.1, 0.15) is 77.5 Å². The SMILES string of the molecule is Cc1cn([C@H]2C[C@@H](O)[C@@H](COP(=O)([O-])OCCSC3CC(=O)N(CC(=O)NCCCCCCCNNC(=O)c4ccc(C(=O)O)c(-c5c6ccc(=O)cc-6oc6cc(O)ccc56)c4)C3=O)O2)c(=O)[nH]c1=O. The maximum Gasteiger partial charge on any atom is 0.336 e. The number of aromatic hydroxyl groups is 1. The van der Waals surface area contributed by atoms with Gasteiger partial charge in [-0.3, -0.25) is 53.2 Å². The van der Waals surface area contributed by atoms with Crippen molar-refractivity contribution in [2.24, 2.45) is 0 Å². The van der Waals surface area contributed by atoms with E-state index < -0.39 is 92.1 Å². The van der Waals surface area contributed by atoms with Crippen LogP contribution in [0, 0.1) is 6.92 Å². The number of aromatic nitrogens is 2. The van der Waals surface area contributed by atoms with E-state index in [1.165, 1.54) is 61.7 Å². The van der Waals surface area contributed by atoms with E-state index in [1.807, 2.05) is 0 Å². The van der Waals surface area contributed by atoms with Gasteiger partial charge in [-0.25, -0.2) is 15.0 Å². The summed E-state index contributed by atoms with van der Waals surface area (Å²) in [4.78, 5) is 115. The Hall–Kier alpha value is -6.50.